The van der Waals surface area contributed by atoms with Crippen LogP contribution in [0.1, 0.15) is 213 Å². The van der Waals surface area contributed by atoms with Crippen LogP contribution in [0.15, 0.2) is 207 Å². The van der Waals surface area contributed by atoms with Gasteiger partial charge in [-0.05, 0) is 154 Å². The van der Waals surface area contributed by atoms with Gasteiger partial charge in [-0.1, -0.05) is 247 Å². The zero-order valence-electron chi connectivity index (χ0n) is 49.8. The van der Waals surface area contributed by atoms with Crippen LogP contribution in [0.3, 0.4) is 0 Å². The van der Waals surface area contributed by atoms with Crippen LogP contribution in [0.4, 0.5) is 0 Å². The van der Waals surface area contributed by atoms with Crippen molar-refractivity contribution in [1.29, 1.82) is 0 Å². The van der Waals surface area contributed by atoms with Gasteiger partial charge in [0.05, 0.1) is 0 Å². The van der Waals surface area contributed by atoms with Gasteiger partial charge in [0.2, 0.25) is 0 Å². The number of carbonyl (C=O) groups is 3. The molecule has 0 saturated carbocycles. The van der Waals surface area contributed by atoms with Crippen LogP contribution in [-0.2, 0) is 28.6 Å². The van der Waals surface area contributed by atoms with Crippen LogP contribution in [0.2, 0.25) is 0 Å². The molecule has 0 spiro atoms. The minimum Gasteiger partial charge on any atom is -0.462 e. The summed E-state index contributed by atoms with van der Waals surface area (Å²) in [5.41, 5.74) is 0. The molecule has 1 atom stereocenters. The van der Waals surface area contributed by atoms with Crippen LogP contribution < -0.4 is 0 Å². The van der Waals surface area contributed by atoms with Gasteiger partial charge >= 0.3 is 17.9 Å². The van der Waals surface area contributed by atoms with E-state index in [1.54, 1.807) is 0 Å². The molecule has 436 valence electrons. The summed E-state index contributed by atoms with van der Waals surface area (Å²) in [5, 5.41) is 0. The summed E-state index contributed by atoms with van der Waals surface area (Å²) < 4.78 is 16.8. The molecule has 0 bridgehead atoms. The van der Waals surface area contributed by atoms with Gasteiger partial charge in [-0.25, -0.2) is 0 Å². The Kier molecular flexibility index (Phi) is 59.6. The molecule has 0 aliphatic rings. The molecule has 0 fully saturated rings. The highest BCUT2D eigenvalue weighted by atomic mass is 16.6. The van der Waals surface area contributed by atoms with Gasteiger partial charge in [-0.3, -0.25) is 14.4 Å². The van der Waals surface area contributed by atoms with Crippen LogP contribution >= 0.6 is 0 Å². The molecule has 0 radical (unpaired) electrons. The van der Waals surface area contributed by atoms with E-state index in [-0.39, 0.29) is 50.4 Å². The number of allylic oxidation sites excluding steroid dienone is 34. The van der Waals surface area contributed by atoms with E-state index in [0.29, 0.717) is 12.8 Å². The van der Waals surface area contributed by atoms with Crippen molar-refractivity contribution in [2.24, 2.45) is 0 Å². The fourth-order valence-corrected chi connectivity index (χ4v) is 7.32. The smallest absolute Gasteiger partial charge is 0.306 e. The zero-order valence-corrected chi connectivity index (χ0v) is 49.8. The summed E-state index contributed by atoms with van der Waals surface area (Å²) in [5.74, 6) is -1.10. The first-order chi connectivity index (χ1) is 39.0. The van der Waals surface area contributed by atoms with Crippen molar-refractivity contribution in [3.05, 3.63) is 207 Å². The average Bonchev–Trinajstić information content (AvgIpc) is 3.45. The van der Waals surface area contributed by atoms with Crippen molar-refractivity contribution in [3.63, 3.8) is 0 Å². The summed E-state index contributed by atoms with van der Waals surface area (Å²) >= 11 is 0. The fourth-order valence-electron chi connectivity index (χ4n) is 7.32. The number of unbranched alkanes of at least 4 members (excludes halogenated alkanes) is 7. The first-order valence-electron chi connectivity index (χ1n) is 30.6. The van der Waals surface area contributed by atoms with Gasteiger partial charge in [0.25, 0.3) is 0 Å². The second kappa shape index (κ2) is 64.5. The number of esters is 3. The summed E-state index contributed by atoms with van der Waals surface area (Å²) in [4.78, 5) is 38.2. The predicted octanol–water partition coefficient (Wildman–Crippen LogP) is 21.2. The quantitative estimate of drug-likeness (QED) is 0.0261. The van der Waals surface area contributed by atoms with Crippen molar-refractivity contribution in [1.82, 2.24) is 0 Å². The van der Waals surface area contributed by atoms with Gasteiger partial charge in [-0.15, -0.1) is 0 Å². The molecule has 0 aromatic carbocycles. The van der Waals surface area contributed by atoms with E-state index in [0.717, 1.165) is 161 Å². The first kappa shape index (κ1) is 73.0. The predicted molar refractivity (Wildman–Crippen MR) is 343 cm³/mol. The molecule has 6 heteroatoms. The van der Waals surface area contributed by atoms with Gasteiger partial charge in [0.15, 0.2) is 6.10 Å². The average molecular weight is 1080 g/mol. The van der Waals surface area contributed by atoms with E-state index in [4.69, 9.17) is 14.2 Å². The lowest BCUT2D eigenvalue weighted by Gasteiger charge is -2.18. The number of ether oxygens (including phenoxy) is 3. The molecule has 0 aromatic heterocycles. The Labute approximate surface area is 483 Å². The minimum absolute atomic E-state index is 0.144. The van der Waals surface area contributed by atoms with E-state index < -0.39 is 6.10 Å². The van der Waals surface area contributed by atoms with Crippen LogP contribution in [0.25, 0.3) is 0 Å². The number of carbonyl (C=O) groups excluding carboxylic acids is 3. The summed E-state index contributed by atoms with van der Waals surface area (Å²) in [6.07, 6.45) is 99.8. The highest BCUT2D eigenvalue weighted by Crippen LogP contribution is 2.11. The Bertz CT molecular complexity index is 1960. The Morgan fingerprint density at radius 2 is 0.481 bits per heavy atom. The molecule has 79 heavy (non-hydrogen) atoms. The van der Waals surface area contributed by atoms with Crippen LogP contribution in [0, 0.1) is 0 Å². The molecule has 0 rings (SSSR count). The molecule has 1 unspecified atom stereocenters. The Morgan fingerprint density at radius 1 is 0.253 bits per heavy atom. The number of hydrogen-bond donors (Lipinski definition) is 0. The van der Waals surface area contributed by atoms with E-state index in [2.05, 4.69) is 215 Å². The van der Waals surface area contributed by atoms with Crippen molar-refractivity contribution in [2.45, 2.75) is 219 Å². The Morgan fingerprint density at radius 3 is 0.810 bits per heavy atom. The normalized spacial score (nSPS) is 13.6. The molecule has 0 saturated heterocycles. The minimum atomic E-state index is -0.850. The van der Waals surface area contributed by atoms with Gasteiger partial charge in [0.1, 0.15) is 13.2 Å². The SMILES string of the molecule is CC/C=C\C/C=C\C/C=C\C/C=C\C/C=C\C/C=C\C/C=C\C/C=C\CCCCC(=O)OCC(COC(=O)CC/C=C\C/C=C\C/C=C\C/C=C\CC)OC(=O)CCCCCCC/C=C\C/C=C\C/C=C\C/C=C\C/C=C\CC. The van der Waals surface area contributed by atoms with Gasteiger partial charge < -0.3 is 14.2 Å². The van der Waals surface area contributed by atoms with Crippen molar-refractivity contribution in [3.8, 4) is 0 Å². The molecule has 0 amide bonds. The molecule has 0 N–H and O–H groups in total. The molecule has 0 aromatic rings. The zero-order chi connectivity index (χ0) is 57.1. The monoisotopic (exact) mass is 1080 g/mol. The second-order valence-corrected chi connectivity index (χ2v) is 19.1. The summed E-state index contributed by atoms with van der Waals surface area (Å²) in [6.45, 7) is 6.15. The van der Waals surface area contributed by atoms with Crippen molar-refractivity contribution < 1.29 is 28.6 Å². The molecule has 0 heterocycles. The second-order valence-electron chi connectivity index (χ2n) is 19.1. The molecule has 6 nitrogen and oxygen atoms in total. The summed E-state index contributed by atoms with van der Waals surface area (Å²) in [7, 11) is 0. The van der Waals surface area contributed by atoms with E-state index in [1.165, 1.54) is 0 Å². The fraction of sp³-hybridized carbons (Fsp3) is 0.493. The highest BCUT2D eigenvalue weighted by Gasteiger charge is 2.19. The third-order valence-corrected chi connectivity index (χ3v) is 11.8. The van der Waals surface area contributed by atoms with E-state index in [1.807, 2.05) is 12.2 Å². The molecular weight excluding hydrogens is 973 g/mol. The van der Waals surface area contributed by atoms with Gasteiger partial charge in [0, 0.05) is 19.3 Å². The highest BCUT2D eigenvalue weighted by molar-refractivity contribution is 5.71. The standard InChI is InChI=1S/C73H108O6/c1-4-7-10-13-16-19-22-25-27-29-31-33-34-35-36-37-38-40-41-43-45-48-51-54-57-60-63-66-72(75)78-69-70(68-77-71(74)65-62-59-56-53-50-47-24-21-18-15-12-9-6-3)79-73(76)67-64-61-58-55-52-49-46-44-42-39-32-30-28-26-23-20-17-14-11-8-5-2/h7-12,16-21,25-28,31-33,35-36,38-40,43-47,50-51,54,56,59,70H,4-6,13-15,22-24,29-30,34,37,41-42,48-49,52-53,55,57-58,60-69H2,1-3H3/b10-7-,11-8-,12-9-,19-16-,20-17-,21-18-,27-25-,28-26-,33-31-,36-35-,39-32-,40-38-,45-43-,46-44-,50-47-,54-51-,59-56-. The number of rotatable bonds is 52. The largest absolute Gasteiger partial charge is 0.462 e. The Hall–Kier alpha value is -6.01. The molecular formula is C73H108O6. The van der Waals surface area contributed by atoms with E-state index >= 15 is 0 Å². The maximum absolute atomic E-state index is 12.9. The lowest BCUT2D eigenvalue weighted by Crippen LogP contribution is -2.30. The van der Waals surface area contributed by atoms with Crippen molar-refractivity contribution >= 4 is 17.9 Å². The lowest BCUT2D eigenvalue weighted by molar-refractivity contribution is -0.166. The van der Waals surface area contributed by atoms with Crippen molar-refractivity contribution in [2.75, 3.05) is 13.2 Å². The van der Waals surface area contributed by atoms with Crippen LogP contribution in [-0.4, -0.2) is 37.2 Å². The number of hydrogen-bond acceptors (Lipinski definition) is 6. The lowest BCUT2D eigenvalue weighted by atomic mass is 10.1. The van der Waals surface area contributed by atoms with Crippen LogP contribution in [0.5, 0.6) is 0 Å². The first-order valence-corrected chi connectivity index (χ1v) is 30.6. The third-order valence-electron chi connectivity index (χ3n) is 11.8. The maximum atomic E-state index is 12.9. The Balaban J connectivity index is 4.57. The third kappa shape index (κ3) is 62.7. The molecule has 0 aliphatic heterocycles. The molecule has 0 aliphatic carbocycles. The topological polar surface area (TPSA) is 78.9 Å². The van der Waals surface area contributed by atoms with Gasteiger partial charge in [-0.2, -0.15) is 0 Å². The maximum Gasteiger partial charge on any atom is 0.306 e. The van der Waals surface area contributed by atoms with E-state index in [9.17, 15) is 14.4 Å². The summed E-state index contributed by atoms with van der Waals surface area (Å²) in [6, 6.07) is 0.